The average molecular weight is 325 g/mol. The Bertz CT molecular complexity index is 863. The van der Waals surface area contributed by atoms with Crippen LogP contribution in [0.4, 0.5) is 8.78 Å². The number of hydrogen-bond acceptors (Lipinski definition) is 3. The summed E-state index contributed by atoms with van der Waals surface area (Å²) in [6.07, 6.45) is 3.45. The maximum Gasteiger partial charge on any atom is 0.363 e. The molecule has 24 heavy (non-hydrogen) atoms. The molecule has 0 saturated carbocycles. The number of carbonyl (C=O) groups is 1. The van der Waals surface area contributed by atoms with Crippen molar-refractivity contribution in [1.82, 2.24) is 0 Å². The molecule has 0 N–H and O–H groups in total. The van der Waals surface area contributed by atoms with E-state index in [0.717, 1.165) is 29.3 Å². The minimum Gasteiger partial charge on any atom is -0.402 e. The Morgan fingerprint density at radius 3 is 2.42 bits per heavy atom. The molecule has 1 aliphatic rings. The zero-order valence-electron chi connectivity index (χ0n) is 12.8. The number of halogens is 2. The van der Waals surface area contributed by atoms with Gasteiger partial charge in [0.25, 0.3) is 0 Å². The third-order valence-corrected chi connectivity index (χ3v) is 3.29. The van der Waals surface area contributed by atoms with Crippen LogP contribution in [0.1, 0.15) is 18.1 Å². The number of nitrogens with zero attached hydrogens (tertiary/aromatic N) is 1. The summed E-state index contributed by atoms with van der Waals surface area (Å²) in [6, 6.07) is 12.4. The summed E-state index contributed by atoms with van der Waals surface area (Å²) in [7, 11) is 0. The van der Waals surface area contributed by atoms with Crippen molar-refractivity contribution in [2.75, 3.05) is 0 Å². The van der Waals surface area contributed by atoms with Gasteiger partial charge >= 0.3 is 5.97 Å². The standard InChI is InChI=1S/C19H13F2NO2/c1-12(7-13-5-3-2-4-6-13)8-17-19(23)24-18(22-17)14-9-15(20)11-16(21)10-14/h2-11H,1H3/b12-7+,17-8-. The van der Waals surface area contributed by atoms with E-state index in [2.05, 4.69) is 4.99 Å². The van der Waals surface area contributed by atoms with Crippen molar-refractivity contribution < 1.29 is 18.3 Å². The van der Waals surface area contributed by atoms with Gasteiger partial charge in [0.05, 0.1) is 0 Å². The van der Waals surface area contributed by atoms with E-state index in [1.54, 1.807) is 6.08 Å². The summed E-state index contributed by atoms with van der Waals surface area (Å²) in [4.78, 5) is 15.9. The Labute approximate surface area is 137 Å². The summed E-state index contributed by atoms with van der Waals surface area (Å²) in [5.74, 6) is -2.30. The minimum absolute atomic E-state index is 0.0777. The van der Waals surface area contributed by atoms with Crippen LogP contribution >= 0.6 is 0 Å². The van der Waals surface area contributed by atoms with E-state index in [0.29, 0.717) is 0 Å². The maximum absolute atomic E-state index is 13.3. The average Bonchev–Trinajstić information content (AvgIpc) is 2.88. The van der Waals surface area contributed by atoms with Crippen molar-refractivity contribution in [3.63, 3.8) is 0 Å². The van der Waals surface area contributed by atoms with E-state index in [1.165, 1.54) is 0 Å². The van der Waals surface area contributed by atoms with E-state index in [1.807, 2.05) is 43.3 Å². The summed E-state index contributed by atoms with van der Waals surface area (Å²) < 4.78 is 31.5. The van der Waals surface area contributed by atoms with Gasteiger partial charge in [0, 0.05) is 11.6 Å². The molecule has 0 aliphatic carbocycles. The zero-order valence-corrected chi connectivity index (χ0v) is 12.8. The highest BCUT2D eigenvalue weighted by Gasteiger charge is 2.24. The van der Waals surface area contributed by atoms with Crippen molar-refractivity contribution in [2.24, 2.45) is 4.99 Å². The van der Waals surface area contributed by atoms with E-state index in [-0.39, 0.29) is 17.2 Å². The Morgan fingerprint density at radius 1 is 1.08 bits per heavy atom. The van der Waals surface area contributed by atoms with Crippen molar-refractivity contribution in [1.29, 1.82) is 0 Å². The van der Waals surface area contributed by atoms with Gasteiger partial charge in [0.2, 0.25) is 5.90 Å². The molecule has 1 aliphatic heterocycles. The number of ether oxygens (including phenoxy) is 1. The highest BCUT2D eigenvalue weighted by Crippen LogP contribution is 2.20. The van der Waals surface area contributed by atoms with Gasteiger partial charge in [-0.25, -0.2) is 18.6 Å². The molecule has 3 rings (SSSR count). The quantitative estimate of drug-likeness (QED) is 0.625. The molecule has 0 atom stereocenters. The lowest BCUT2D eigenvalue weighted by molar-refractivity contribution is -0.130. The highest BCUT2D eigenvalue weighted by atomic mass is 19.1. The molecule has 5 heteroatoms. The number of allylic oxidation sites excluding steroid dienone is 2. The number of benzene rings is 2. The summed E-state index contributed by atoms with van der Waals surface area (Å²) in [6.45, 7) is 1.82. The SMILES string of the molecule is CC(/C=C1\N=C(c2cc(F)cc(F)c2)OC1=O)=C\c1ccccc1. The topological polar surface area (TPSA) is 38.7 Å². The molecule has 0 amide bonds. The Kier molecular flexibility index (Phi) is 4.33. The Morgan fingerprint density at radius 2 is 1.75 bits per heavy atom. The molecule has 0 fully saturated rings. The van der Waals surface area contributed by atoms with E-state index >= 15 is 0 Å². The van der Waals surface area contributed by atoms with Gasteiger partial charge in [-0.15, -0.1) is 0 Å². The third kappa shape index (κ3) is 3.63. The van der Waals surface area contributed by atoms with Gasteiger partial charge in [-0.05, 0) is 36.3 Å². The van der Waals surface area contributed by atoms with Gasteiger partial charge in [-0.2, -0.15) is 0 Å². The molecule has 0 aromatic heterocycles. The van der Waals surface area contributed by atoms with Crippen LogP contribution in [0.25, 0.3) is 6.08 Å². The van der Waals surface area contributed by atoms with Crippen molar-refractivity contribution in [3.05, 3.63) is 88.6 Å². The van der Waals surface area contributed by atoms with Gasteiger partial charge in [0.15, 0.2) is 5.70 Å². The van der Waals surface area contributed by atoms with Crippen LogP contribution in [-0.4, -0.2) is 11.9 Å². The first-order valence-corrected chi connectivity index (χ1v) is 7.23. The van der Waals surface area contributed by atoms with Crippen LogP contribution in [0.15, 0.2) is 70.9 Å². The fourth-order valence-electron chi connectivity index (χ4n) is 2.28. The second kappa shape index (κ2) is 6.58. The molecule has 2 aromatic carbocycles. The second-order valence-electron chi connectivity index (χ2n) is 5.29. The van der Waals surface area contributed by atoms with Crippen LogP contribution in [0.5, 0.6) is 0 Å². The van der Waals surface area contributed by atoms with Crippen LogP contribution in [0.3, 0.4) is 0 Å². The van der Waals surface area contributed by atoms with Gasteiger partial charge in [-0.3, -0.25) is 0 Å². The molecule has 1 heterocycles. The molecule has 0 radical (unpaired) electrons. The molecule has 3 nitrogen and oxygen atoms in total. The lowest BCUT2D eigenvalue weighted by Crippen LogP contribution is -2.06. The molecular formula is C19H13F2NO2. The number of hydrogen-bond donors (Lipinski definition) is 0. The molecule has 0 bridgehead atoms. The van der Waals surface area contributed by atoms with Crippen LogP contribution in [-0.2, 0) is 9.53 Å². The first kappa shape index (κ1) is 15.8. The van der Waals surface area contributed by atoms with Crippen molar-refractivity contribution in [3.8, 4) is 0 Å². The molecule has 0 spiro atoms. The van der Waals surface area contributed by atoms with E-state index in [9.17, 15) is 13.6 Å². The second-order valence-corrected chi connectivity index (χ2v) is 5.29. The van der Waals surface area contributed by atoms with E-state index < -0.39 is 17.6 Å². The predicted molar refractivity (Wildman–Crippen MR) is 87.2 cm³/mol. The lowest BCUT2D eigenvalue weighted by Gasteiger charge is -1.99. The predicted octanol–water partition coefficient (Wildman–Crippen LogP) is 4.26. The summed E-state index contributed by atoms with van der Waals surface area (Å²) in [5.41, 5.74) is 1.94. The minimum atomic E-state index is -0.763. The molecular weight excluding hydrogens is 312 g/mol. The molecule has 120 valence electrons. The monoisotopic (exact) mass is 325 g/mol. The Hall–Kier alpha value is -3.08. The van der Waals surface area contributed by atoms with Crippen LogP contribution in [0, 0.1) is 11.6 Å². The number of aliphatic imine (C=N–C) groups is 1. The number of esters is 1. The molecule has 2 aromatic rings. The van der Waals surface area contributed by atoms with Gasteiger partial charge in [-0.1, -0.05) is 36.4 Å². The van der Waals surface area contributed by atoms with Crippen LogP contribution < -0.4 is 0 Å². The fraction of sp³-hybridized carbons (Fsp3) is 0.0526. The third-order valence-electron chi connectivity index (χ3n) is 3.29. The summed E-state index contributed by atoms with van der Waals surface area (Å²) >= 11 is 0. The largest absolute Gasteiger partial charge is 0.402 e. The number of cyclic esters (lactones) is 1. The van der Waals surface area contributed by atoms with Gasteiger partial charge in [0.1, 0.15) is 11.6 Å². The normalized spacial score (nSPS) is 16.3. The smallest absolute Gasteiger partial charge is 0.363 e. The van der Waals surface area contributed by atoms with Crippen molar-refractivity contribution in [2.45, 2.75) is 6.92 Å². The fourth-order valence-corrected chi connectivity index (χ4v) is 2.28. The molecule has 0 saturated heterocycles. The van der Waals surface area contributed by atoms with E-state index in [4.69, 9.17) is 4.74 Å². The lowest BCUT2D eigenvalue weighted by atomic mass is 10.1. The maximum atomic E-state index is 13.3. The number of rotatable bonds is 3. The number of carbonyl (C=O) groups excluding carboxylic acids is 1. The first-order valence-electron chi connectivity index (χ1n) is 7.23. The highest BCUT2D eigenvalue weighted by molar-refractivity contribution is 6.11. The zero-order chi connectivity index (χ0) is 17.1. The molecule has 0 unspecified atom stereocenters. The van der Waals surface area contributed by atoms with Crippen LogP contribution in [0.2, 0.25) is 0 Å². The Balaban J connectivity index is 1.90. The first-order chi connectivity index (χ1) is 11.5. The summed E-state index contributed by atoms with van der Waals surface area (Å²) in [5, 5.41) is 0. The van der Waals surface area contributed by atoms with Gasteiger partial charge < -0.3 is 4.74 Å². The van der Waals surface area contributed by atoms with Crippen molar-refractivity contribution >= 4 is 17.9 Å².